The Morgan fingerprint density at radius 3 is 2.11 bits per heavy atom. The van der Waals surface area contributed by atoms with Gasteiger partial charge in [0.05, 0.1) is 0 Å². The van der Waals surface area contributed by atoms with Crippen LogP contribution < -0.4 is 0 Å². The standard InChI is InChI=1S/C25H32Cl2/c1-16(2)21-11-9-20(15-24(21)27)25(4,5)13-12-17(3)22-10-8-19(14-23(22)26)18-6-7-18/h8-11,14-18H,6-7,12-13H2,1-5H3. The van der Waals surface area contributed by atoms with E-state index < -0.39 is 0 Å². The first-order valence-electron chi connectivity index (χ1n) is 10.3. The minimum atomic E-state index is 0.0911. The van der Waals surface area contributed by atoms with Crippen LogP contribution in [0, 0.1) is 0 Å². The van der Waals surface area contributed by atoms with Gasteiger partial charge < -0.3 is 0 Å². The number of rotatable bonds is 7. The zero-order chi connectivity index (χ0) is 19.8. The fourth-order valence-electron chi connectivity index (χ4n) is 3.91. The van der Waals surface area contributed by atoms with E-state index in [9.17, 15) is 0 Å². The van der Waals surface area contributed by atoms with Crippen molar-refractivity contribution in [3.05, 3.63) is 68.7 Å². The van der Waals surface area contributed by atoms with Crippen molar-refractivity contribution in [3.8, 4) is 0 Å². The van der Waals surface area contributed by atoms with Gasteiger partial charge in [-0.15, -0.1) is 0 Å². The molecule has 1 unspecified atom stereocenters. The second kappa shape index (κ2) is 8.18. The highest BCUT2D eigenvalue weighted by atomic mass is 35.5. The molecule has 146 valence electrons. The van der Waals surface area contributed by atoms with Gasteiger partial charge in [0.1, 0.15) is 0 Å². The topological polar surface area (TPSA) is 0 Å². The fourth-order valence-corrected chi connectivity index (χ4v) is 4.68. The summed E-state index contributed by atoms with van der Waals surface area (Å²) in [6.07, 6.45) is 4.85. The second-order valence-electron chi connectivity index (χ2n) is 9.27. The molecule has 0 aliphatic heterocycles. The van der Waals surface area contributed by atoms with Crippen molar-refractivity contribution in [3.63, 3.8) is 0 Å². The Morgan fingerprint density at radius 2 is 1.56 bits per heavy atom. The van der Waals surface area contributed by atoms with E-state index in [0.717, 1.165) is 28.8 Å². The molecule has 1 aliphatic carbocycles. The molecule has 0 bridgehead atoms. The van der Waals surface area contributed by atoms with Gasteiger partial charge in [0, 0.05) is 10.0 Å². The molecule has 2 aromatic carbocycles. The summed E-state index contributed by atoms with van der Waals surface area (Å²) < 4.78 is 0. The van der Waals surface area contributed by atoms with Crippen molar-refractivity contribution < 1.29 is 0 Å². The molecule has 1 aliphatic rings. The van der Waals surface area contributed by atoms with Crippen LogP contribution in [0.5, 0.6) is 0 Å². The van der Waals surface area contributed by atoms with E-state index in [1.165, 1.54) is 35.1 Å². The summed E-state index contributed by atoms with van der Waals surface area (Å²) >= 11 is 13.2. The summed E-state index contributed by atoms with van der Waals surface area (Å²) in [6.45, 7) is 11.3. The van der Waals surface area contributed by atoms with Gasteiger partial charge in [-0.1, -0.05) is 82.1 Å². The minimum absolute atomic E-state index is 0.0911. The average Bonchev–Trinajstić information content (AvgIpc) is 3.44. The molecule has 1 fully saturated rings. The lowest BCUT2D eigenvalue weighted by Gasteiger charge is -2.28. The molecule has 3 rings (SSSR count). The molecular weight excluding hydrogens is 371 g/mol. The minimum Gasteiger partial charge on any atom is -0.0840 e. The molecule has 0 N–H and O–H groups in total. The summed E-state index contributed by atoms with van der Waals surface area (Å²) in [5.41, 5.74) is 5.33. The zero-order valence-electron chi connectivity index (χ0n) is 17.3. The van der Waals surface area contributed by atoms with Crippen LogP contribution in [0.2, 0.25) is 10.0 Å². The third-order valence-electron chi connectivity index (χ3n) is 6.21. The second-order valence-corrected chi connectivity index (χ2v) is 10.1. The van der Waals surface area contributed by atoms with Gasteiger partial charge in [-0.2, -0.15) is 0 Å². The van der Waals surface area contributed by atoms with Gasteiger partial charge in [-0.05, 0) is 83.2 Å². The molecule has 0 saturated heterocycles. The average molecular weight is 403 g/mol. The van der Waals surface area contributed by atoms with E-state index in [-0.39, 0.29) is 5.41 Å². The summed E-state index contributed by atoms with van der Waals surface area (Å²) in [7, 11) is 0. The van der Waals surface area contributed by atoms with Crippen molar-refractivity contribution in [2.45, 2.75) is 83.5 Å². The van der Waals surface area contributed by atoms with E-state index in [1.54, 1.807) is 0 Å². The smallest absolute Gasteiger partial charge is 0.0443 e. The molecule has 0 amide bonds. The molecule has 0 radical (unpaired) electrons. The highest BCUT2D eigenvalue weighted by Gasteiger charge is 2.26. The molecule has 1 atom stereocenters. The maximum absolute atomic E-state index is 6.61. The van der Waals surface area contributed by atoms with Crippen LogP contribution in [0.4, 0.5) is 0 Å². The van der Waals surface area contributed by atoms with Crippen LogP contribution in [0.25, 0.3) is 0 Å². The predicted molar refractivity (Wildman–Crippen MR) is 120 cm³/mol. The number of hydrogen-bond donors (Lipinski definition) is 0. The Labute approximate surface area is 175 Å². The van der Waals surface area contributed by atoms with E-state index in [1.807, 2.05) is 0 Å². The van der Waals surface area contributed by atoms with Gasteiger partial charge in [0.2, 0.25) is 0 Å². The monoisotopic (exact) mass is 402 g/mol. The van der Waals surface area contributed by atoms with Gasteiger partial charge in [0.25, 0.3) is 0 Å². The lowest BCUT2D eigenvalue weighted by atomic mass is 9.77. The fraction of sp³-hybridized carbons (Fsp3) is 0.520. The van der Waals surface area contributed by atoms with Crippen LogP contribution in [0.1, 0.15) is 100 Å². The molecule has 0 spiro atoms. The van der Waals surface area contributed by atoms with Gasteiger partial charge in [-0.3, -0.25) is 0 Å². The lowest BCUT2D eigenvalue weighted by molar-refractivity contribution is 0.439. The zero-order valence-corrected chi connectivity index (χ0v) is 18.8. The first-order chi connectivity index (χ1) is 12.7. The van der Waals surface area contributed by atoms with Crippen LogP contribution in [-0.4, -0.2) is 0 Å². The highest BCUT2D eigenvalue weighted by Crippen LogP contribution is 2.42. The maximum atomic E-state index is 6.61. The third kappa shape index (κ3) is 4.90. The molecule has 0 aromatic heterocycles. The van der Waals surface area contributed by atoms with Crippen molar-refractivity contribution in [2.75, 3.05) is 0 Å². The summed E-state index contributed by atoms with van der Waals surface area (Å²) in [5, 5.41) is 1.83. The van der Waals surface area contributed by atoms with Crippen LogP contribution in [0.3, 0.4) is 0 Å². The van der Waals surface area contributed by atoms with E-state index in [0.29, 0.717) is 11.8 Å². The largest absolute Gasteiger partial charge is 0.0840 e. The Morgan fingerprint density at radius 1 is 0.926 bits per heavy atom. The Bertz CT molecular complexity index is 800. The van der Waals surface area contributed by atoms with E-state index in [2.05, 4.69) is 71.0 Å². The van der Waals surface area contributed by atoms with Gasteiger partial charge >= 0.3 is 0 Å². The molecule has 0 nitrogen and oxygen atoms in total. The van der Waals surface area contributed by atoms with E-state index >= 15 is 0 Å². The maximum Gasteiger partial charge on any atom is 0.0443 e. The first kappa shape index (κ1) is 20.7. The Kier molecular flexibility index (Phi) is 6.28. The van der Waals surface area contributed by atoms with Gasteiger partial charge in [-0.25, -0.2) is 0 Å². The SMILES string of the molecule is CC(C)c1ccc(C(C)(C)CCC(C)c2ccc(C3CC3)cc2Cl)cc1Cl. The summed E-state index contributed by atoms with van der Waals surface area (Å²) in [4.78, 5) is 0. The molecule has 27 heavy (non-hydrogen) atoms. The molecule has 1 saturated carbocycles. The van der Waals surface area contributed by atoms with E-state index in [4.69, 9.17) is 23.2 Å². The Balaban J connectivity index is 1.68. The van der Waals surface area contributed by atoms with Crippen LogP contribution in [0.15, 0.2) is 36.4 Å². The highest BCUT2D eigenvalue weighted by molar-refractivity contribution is 6.31. The van der Waals surface area contributed by atoms with Gasteiger partial charge in [0.15, 0.2) is 0 Å². The van der Waals surface area contributed by atoms with Crippen molar-refractivity contribution in [1.29, 1.82) is 0 Å². The molecular formula is C25H32Cl2. The van der Waals surface area contributed by atoms with Crippen molar-refractivity contribution in [2.24, 2.45) is 0 Å². The number of benzene rings is 2. The van der Waals surface area contributed by atoms with Crippen LogP contribution >= 0.6 is 23.2 Å². The van der Waals surface area contributed by atoms with Crippen LogP contribution in [-0.2, 0) is 5.41 Å². The first-order valence-corrected chi connectivity index (χ1v) is 11.0. The molecule has 2 aromatic rings. The number of halogens is 2. The third-order valence-corrected chi connectivity index (χ3v) is 6.87. The predicted octanol–water partition coefficient (Wildman–Crippen LogP) is 8.86. The Hall–Kier alpha value is -0.980. The molecule has 2 heteroatoms. The normalized spacial score (nSPS) is 16.0. The molecule has 0 heterocycles. The summed E-state index contributed by atoms with van der Waals surface area (Å²) in [6, 6.07) is 13.3. The number of hydrogen-bond acceptors (Lipinski definition) is 0. The van der Waals surface area contributed by atoms with Crippen molar-refractivity contribution >= 4 is 23.2 Å². The summed E-state index contributed by atoms with van der Waals surface area (Å²) in [5.74, 6) is 1.66. The lowest BCUT2D eigenvalue weighted by Crippen LogP contribution is -2.18. The quantitative estimate of drug-likeness (QED) is 0.433. The van der Waals surface area contributed by atoms with Crippen molar-refractivity contribution in [1.82, 2.24) is 0 Å².